The first kappa shape index (κ1) is 14.9. The molecule has 1 aliphatic carbocycles. The fourth-order valence-corrected chi connectivity index (χ4v) is 3.39. The van der Waals surface area contributed by atoms with Crippen LogP contribution in [-0.2, 0) is 16.0 Å². The lowest BCUT2D eigenvalue weighted by Gasteiger charge is -2.23. The quantitative estimate of drug-likeness (QED) is 0.878. The van der Waals surface area contributed by atoms with Gasteiger partial charge in [0.25, 0.3) is 0 Å². The molecule has 1 aliphatic heterocycles. The van der Waals surface area contributed by atoms with Gasteiger partial charge in [-0.25, -0.2) is 0 Å². The standard InChI is InChI=1S/C16H22N4O2/c21-15-9-12(11-20(15)14-3-1-2-4-14)16(22)19-6-5-13-10-17-7-8-18-13/h7-8,10,12,14H,1-6,9,11H2,(H,19,22). The Balaban J connectivity index is 1.45. The second-order valence-corrected chi connectivity index (χ2v) is 6.12. The van der Waals surface area contributed by atoms with Crippen molar-refractivity contribution in [1.82, 2.24) is 20.2 Å². The highest BCUT2D eigenvalue weighted by Gasteiger charge is 2.38. The molecule has 1 saturated carbocycles. The van der Waals surface area contributed by atoms with Gasteiger partial charge in [0.2, 0.25) is 11.8 Å². The van der Waals surface area contributed by atoms with Gasteiger partial charge in [0.1, 0.15) is 0 Å². The number of nitrogens with one attached hydrogen (secondary N) is 1. The Hall–Kier alpha value is -1.98. The highest BCUT2D eigenvalue weighted by Crippen LogP contribution is 2.29. The first-order valence-electron chi connectivity index (χ1n) is 8.06. The number of nitrogens with zero attached hydrogens (tertiary/aromatic N) is 3. The maximum absolute atomic E-state index is 12.2. The summed E-state index contributed by atoms with van der Waals surface area (Å²) in [5.41, 5.74) is 0.859. The Morgan fingerprint density at radius 3 is 2.86 bits per heavy atom. The van der Waals surface area contributed by atoms with E-state index in [1.807, 2.05) is 4.90 Å². The zero-order chi connectivity index (χ0) is 15.4. The fourth-order valence-electron chi connectivity index (χ4n) is 3.39. The maximum Gasteiger partial charge on any atom is 0.225 e. The monoisotopic (exact) mass is 302 g/mol. The van der Waals surface area contributed by atoms with Gasteiger partial charge < -0.3 is 10.2 Å². The van der Waals surface area contributed by atoms with Crippen LogP contribution in [0.1, 0.15) is 37.8 Å². The normalized spacial score (nSPS) is 22.3. The van der Waals surface area contributed by atoms with Crippen molar-refractivity contribution in [2.45, 2.75) is 44.6 Å². The van der Waals surface area contributed by atoms with Crippen LogP contribution >= 0.6 is 0 Å². The molecule has 0 aromatic carbocycles. The molecule has 1 atom stereocenters. The lowest BCUT2D eigenvalue weighted by atomic mass is 10.1. The molecule has 2 aliphatic rings. The van der Waals surface area contributed by atoms with Crippen LogP contribution in [0.5, 0.6) is 0 Å². The summed E-state index contributed by atoms with van der Waals surface area (Å²) in [5, 5.41) is 2.92. The summed E-state index contributed by atoms with van der Waals surface area (Å²) >= 11 is 0. The third-order valence-electron chi connectivity index (χ3n) is 4.59. The molecule has 2 amide bonds. The Kier molecular flexibility index (Phi) is 4.65. The minimum Gasteiger partial charge on any atom is -0.355 e. The van der Waals surface area contributed by atoms with E-state index in [9.17, 15) is 9.59 Å². The van der Waals surface area contributed by atoms with E-state index in [1.54, 1.807) is 18.6 Å². The highest BCUT2D eigenvalue weighted by molar-refractivity contribution is 5.89. The summed E-state index contributed by atoms with van der Waals surface area (Å²) in [6, 6.07) is 0.366. The van der Waals surface area contributed by atoms with Crippen LogP contribution in [0.4, 0.5) is 0 Å². The van der Waals surface area contributed by atoms with E-state index < -0.39 is 0 Å². The van der Waals surface area contributed by atoms with Gasteiger partial charge in [-0.15, -0.1) is 0 Å². The van der Waals surface area contributed by atoms with E-state index >= 15 is 0 Å². The molecule has 1 aromatic rings. The number of amides is 2. The van der Waals surface area contributed by atoms with E-state index in [4.69, 9.17) is 0 Å². The van der Waals surface area contributed by atoms with Gasteiger partial charge in [-0.3, -0.25) is 19.6 Å². The molecule has 6 heteroatoms. The summed E-state index contributed by atoms with van der Waals surface area (Å²) in [4.78, 5) is 34.4. The number of carbonyl (C=O) groups is 2. The Morgan fingerprint density at radius 2 is 2.14 bits per heavy atom. The Bertz CT molecular complexity index is 528. The predicted octanol–water partition coefficient (Wildman–Crippen LogP) is 0.926. The van der Waals surface area contributed by atoms with E-state index in [-0.39, 0.29) is 17.7 Å². The molecule has 1 saturated heterocycles. The first-order chi connectivity index (χ1) is 10.7. The third kappa shape index (κ3) is 3.43. The Labute approximate surface area is 130 Å². The van der Waals surface area contributed by atoms with Gasteiger partial charge in [-0.2, -0.15) is 0 Å². The molecule has 1 aromatic heterocycles. The molecular weight excluding hydrogens is 280 g/mol. The number of rotatable bonds is 5. The largest absolute Gasteiger partial charge is 0.355 e. The van der Waals surface area contributed by atoms with Gasteiger partial charge in [0, 0.05) is 50.6 Å². The number of likely N-dealkylation sites (tertiary alicyclic amines) is 1. The SMILES string of the molecule is O=C(NCCc1cnccn1)C1CC(=O)N(C2CCCC2)C1. The number of hydrogen-bond acceptors (Lipinski definition) is 4. The topological polar surface area (TPSA) is 75.2 Å². The van der Waals surface area contributed by atoms with Gasteiger partial charge >= 0.3 is 0 Å². The van der Waals surface area contributed by atoms with Crippen molar-refractivity contribution in [3.8, 4) is 0 Å². The van der Waals surface area contributed by atoms with E-state index in [0.717, 1.165) is 18.5 Å². The van der Waals surface area contributed by atoms with Crippen LogP contribution in [0, 0.1) is 5.92 Å². The molecular formula is C16H22N4O2. The van der Waals surface area contributed by atoms with Crippen molar-refractivity contribution in [2.24, 2.45) is 5.92 Å². The summed E-state index contributed by atoms with van der Waals surface area (Å²) in [7, 11) is 0. The summed E-state index contributed by atoms with van der Waals surface area (Å²) in [6.07, 6.45) is 10.6. The average Bonchev–Trinajstić information content (AvgIpc) is 3.17. The van der Waals surface area contributed by atoms with Crippen LogP contribution in [0.15, 0.2) is 18.6 Å². The number of carbonyl (C=O) groups excluding carboxylic acids is 2. The maximum atomic E-state index is 12.2. The molecule has 22 heavy (non-hydrogen) atoms. The van der Waals surface area contributed by atoms with Crippen molar-refractivity contribution < 1.29 is 9.59 Å². The summed E-state index contributed by atoms with van der Waals surface area (Å²) < 4.78 is 0. The molecule has 1 N–H and O–H groups in total. The second-order valence-electron chi connectivity index (χ2n) is 6.12. The van der Waals surface area contributed by atoms with Crippen LogP contribution in [0.3, 0.4) is 0 Å². The number of hydrogen-bond donors (Lipinski definition) is 1. The van der Waals surface area contributed by atoms with Crippen LogP contribution in [0.2, 0.25) is 0 Å². The van der Waals surface area contributed by atoms with Gasteiger partial charge in [-0.1, -0.05) is 12.8 Å². The molecule has 2 heterocycles. The summed E-state index contributed by atoms with van der Waals surface area (Å²) in [5.74, 6) is -0.0753. The minimum atomic E-state index is -0.199. The molecule has 1 unspecified atom stereocenters. The van der Waals surface area contributed by atoms with Gasteiger partial charge in [-0.05, 0) is 12.8 Å². The zero-order valence-corrected chi connectivity index (χ0v) is 12.7. The van der Waals surface area contributed by atoms with Gasteiger partial charge in [0.05, 0.1) is 11.6 Å². The first-order valence-corrected chi connectivity index (χ1v) is 8.06. The van der Waals surface area contributed by atoms with Crippen molar-refractivity contribution in [2.75, 3.05) is 13.1 Å². The third-order valence-corrected chi connectivity index (χ3v) is 4.59. The zero-order valence-electron chi connectivity index (χ0n) is 12.7. The van der Waals surface area contributed by atoms with Crippen molar-refractivity contribution in [1.29, 1.82) is 0 Å². The lowest BCUT2D eigenvalue weighted by molar-refractivity contribution is -0.130. The van der Waals surface area contributed by atoms with E-state index in [2.05, 4.69) is 15.3 Å². The molecule has 6 nitrogen and oxygen atoms in total. The van der Waals surface area contributed by atoms with Gasteiger partial charge in [0.15, 0.2) is 0 Å². The Morgan fingerprint density at radius 1 is 1.32 bits per heavy atom. The molecule has 0 bridgehead atoms. The van der Waals surface area contributed by atoms with E-state index in [1.165, 1.54) is 12.8 Å². The van der Waals surface area contributed by atoms with Crippen molar-refractivity contribution in [3.63, 3.8) is 0 Å². The van der Waals surface area contributed by atoms with Crippen LogP contribution < -0.4 is 5.32 Å². The average molecular weight is 302 g/mol. The molecule has 3 rings (SSSR count). The van der Waals surface area contributed by atoms with Crippen molar-refractivity contribution >= 4 is 11.8 Å². The molecule has 2 fully saturated rings. The summed E-state index contributed by atoms with van der Waals surface area (Å²) in [6.45, 7) is 1.12. The van der Waals surface area contributed by atoms with E-state index in [0.29, 0.717) is 32.0 Å². The molecule has 118 valence electrons. The highest BCUT2D eigenvalue weighted by atomic mass is 16.2. The molecule has 0 spiro atoms. The fraction of sp³-hybridized carbons (Fsp3) is 0.625. The van der Waals surface area contributed by atoms with Crippen molar-refractivity contribution in [3.05, 3.63) is 24.3 Å². The minimum absolute atomic E-state index is 0.0160. The second kappa shape index (κ2) is 6.85. The molecule has 0 radical (unpaired) electrons. The smallest absolute Gasteiger partial charge is 0.225 e. The lowest BCUT2D eigenvalue weighted by Crippen LogP contribution is -2.37. The number of aromatic nitrogens is 2. The van der Waals surface area contributed by atoms with Crippen LogP contribution in [-0.4, -0.2) is 45.8 Å². The van der Waals surface area contributed by atoms with Crippen LogP contribution in [0.25, 0.3) is 0 Å². The predicted molar refractivity (Wildman–Crippen MR) is 80.8 cm³/mol.